The van der Waals surface area contributed by atoms with Gasteiger partial charge in [0.1, 0.15) is 24.1 Å². The molecule has 0 saturated heterocycles. The third-order valence-electron chi connectivity index (χ3n) is 4.29. The number of nitrogens with zero attached hydrogens (tertiary/aromatic N) is 2. The van der Waals surface area contributed by atoms with Gasteiger partial charge in [0.25, 0.3) is 0 Å². The van der Waals surface area contributed by atoms with Crippen LogP contribution in [-0.2, 0) is 17.5 Å². The first kappa shape index (κ1) is 23.2. The quantitative estimate of drug-likeness (QED) is 0.266. The van der Waals surface area contributed by atoms with Crippen LogP contribution >= 0.6 is 0 Å². The van der Waals surface area contributed by atoms with Crippen LogP contribution in [0.15, 0.2) is 29.3 Å². The Morgan fingerprint density at radius 2 is 1.77 bits per heavy atom. The predicted octanol–water partition coefficient (Wildman–Crippen LogP) is 5.40. The van der Waals surface area contributed by atoms with E-state index >= 15 is 0 Å². The molecule has 2 aromatic rings. The summed E-state index contributed by atoms with van der Waals surface area (Å²) in [5.41, 5.74) is -3.18. The lowest BCUT2D eigenvalue weighted by Crippen LogP contribution is -2.18. The van der Waals surface area contributed by atoms with Gasteiger partial charge < -0.3 is 9.64 Å². The third kappa shape index (κ3) is 5.31. The van der Waals surface area contributed by atoms with Gasteiger partial charge >= 0.3 is 12.1 Å². The van der Waals surface area contributed by atoms with Crippen LogP contribution in [0.5, 0.6) is 0 Å². The molecule has 10 heteroatoms. The van der Waals surface area contributed by atoms with Crippen LogP contribution in [0.2, 0.25) is 0 Å². The Labute approximate surface area is 168 Å². The summed E-state index contributed by atoms with van der Waals surface area (Å²) in [5, 5.41) is 0. The SMILES string of the molecule is CCN(C)C=Nc1ccc(C(=O)OCc2c(F)cc(F)cc2F)c(C(F)(F)F)c1C. The van der Waals surface area contributed by atoms with Crippen LogP contribution < -0.4 is 0 Å². The maximum absolute atomic E-state index is 13.7. The van der Waals surface area contributed by atoms with Crippen molar-refractivity contribution in [3.63, 3.8) is 0 Å². The van der Waals surface area contributed by atoms with Crippen LogP contribution in [0.25, 0.3) is 0 Å². The van der Waals surface area contributed by atoms with Crippen molar-refractivity contribution in [3.05, 3.63) is 64.0 Å². The zero-order chi connectivity index (χ0) is 22.6. The molecule has 4 nitrogen and oxygen atoms in total. The Bertz CT molecular complexity index is 949. The van der Waals surface area contributed by atoms with E-state index in [-0.39, 0.29) is 11.3 Å². The minimum Gasteiger partial charge on any atom is -0.457 e. The first-order valence-corrected chi connectivity index (χ1v) is 8.71. The second-order valence-electron chi connectivity index (χ2n) is 6.37. The summed E-state index contributed by atoms with van der Waals surface area (Å²) < 4.78 is 85.8. The largest absolute Gasteiger partial charge is 0.457 e. The van der Waals surface area contributed by atoms with Gasteiger partial charge in [-0.1, -0.05) is 0 Å². The van der Waals surface area contributed by atoms with Crippen molar-refractivity contribution >= 4 is 18.0 Å². The molecular weight excluding hydrogens is 414 g/mol. The van der Waals surface area contributed by atoms with Gasteiger partial charge in [-0.3, -0.25) is 0 Å². The lowest BCUT2D eigenvalue weighted by atomic mass is 9.99. The standard InChI is InChI=1S/C20H18F6N2O2/c1-4-28(3)10-27-17-6-5-13(18(11(17)2)20(24,25)26)19(29)30-9-14-15(22)7-12(21)8-16(14)23/h5-8,10H,4,9H2,1-3H3. The molecule has 0 unspecified atom stereocenters. The highest BCUT2D eigenvalue weighted by atomic mass is 19.4. The Hall–Kier alpha value is -3.04. The summed E-state index contributed by atoms with van der Waals surface area (Å²) in [6, 6.07) is 2.84. The molecular formula is C20H18F6N2O2. The van der Waals surface area contributed by atoms with Crippen LogP contribution in [-0.4, -0.2) is 30.8 Å². The number of ether oxygens (including phenoxy) is 1. The first-order valence-electron chi connectivity index (χ1n) is 8.71. The molecule has 0 aliphatic heterocycles. The third-order valence-corrected chi connectivity index (χ3v) is 4.29. The van der Waals surface area contributed by atoms with Gasteiger partial charge in [0.2, 0.25) is 0 Å². The van der Waals surface area contributed by atoms with E-state index in [9.17, 15) is 31.1 Å². The molecule has 0 radical (unpaired) electrons. The highest BCUT2D eigenvalue weighted by Crippen LogP contribution is 2.38. The number of aliphatic imine (C=N–C) groups is 1. The Balaban J connectivity index is 2.37. The molecule has 0 bridgehead atoms. The monoisotopic (exact) mass is 432 g/mol. The number of halogens is 6. The number of esters is 1. The fourth-order valence-corrected chi connectivity index (χ4v) is 2.54. The van der Waals surface area contributed by atoms with Crippen molar-refractivity contribution in [1.82, 2.24) is 4.90 Å². The number of carbonyl (C=O) groups excluding carboxylic acids is 1. The Morgan fingerprint density at radius 1 is 1.17 bits per heavy atom. The molecule has 0 fully saturated rings. The highest BCUT2D eigenvalue weighted by Gasteiger charge is 2.38. The van der Waals surface area contributed by atoms with Gasteiger partial charge in [-0.25, -0.2) is 23.0 Å². The highest BCUT2D eigenvalue weighted by molar-refractivity contribution is 5.92. The lowest BCUT2D eigenvalue weighted by molar-refractivity contribution is -0.138. The molecule has 2 aromatic carbocycles. The number of hydrogen-bond acceptors (Lipinski definition) is 3. The van der Waals surface area contributed by atoms with Crippen molar-refractivity contribution < 1.29 is 35.9 Å². The topological polar surface area (TPSA) is 41.9 Å². The molecule has 0 heterocycles. The van der Waals surface area contributed by atoms with E-state index in [1.165, 1.54) is 12.4 Å². The molecule has 2 rings (SSSR count). The molecule has 0 aliphatic carbocycles. The van der Waals surface area contributed by atoms with Gasteiger partial charge in [0, 0.05) is 25.7 Å². The van der Waals surface area contributed by atoms with E-state index < -0.39 is 52.9 Å². The van der Waals surface area contributed by atoms with E-state index in [1.54, 1.807) is 11.9 Å². The van der Waals surface area contributed by atoms with Gasteiger partial charge in [-0.2, -0.15) is 13.2 Å². The maximum atomic E-state index is 13.7. The lowest BCUT2D eigenvalue weighted by Gasteiger charge is -2.17. The minimum absolute atomic E-state index is 0.00482. The van der Waals surface area contributed by atoms with Gasteiger partial charge in [-0.05, 0) is 31.5 Å². The molecule has 0 N–H and O–H groups in total. The summed E-state index contributed by atoms with van der Waals surface area (Å²) in [6.07, 6.45) is -3.56. The van der Waals surface area contributed by atoms with E-state index in [2.05, 4.69) is 9.73 Å². The van der Waals surface area contributed by atoms with E-state index in [1.807, 2.05) is 6.92 Å². The normalized spacial score (nSPS) is 11.8. The second-order valence-corrected chi connectivity index (χ2v) is 6.37. The van der Waals surface area contributed by atoms with Crippen LogP contribution in [0.1, 0.15) is 34.0 Å². The first-order chi connectivity index (χ1) is 14.0. The van der Waals surface area contributed by atoms with Crippen LogP contribution in [0.4, 0.5) is 32.0 Å². The van der Waals surface area contributed by atoms with Gasteiger partial charge in [0.15, 0.2) is 0 Å². The molecule has 0 aliphatic rings. The zero-order valence-corrected chi connectivity index (χ0v) is 16.3. The molecule has 0 saturated carbocycles. The average Bonchev–Trinajstić information content (AvgIpc) is 2.64. The molecule has 30 heavy (non-hydrogen) atoms. The van der Waals surface area contributed by atoms with Gasteiger partial charge in [-0.15, -0.1) is 0 Å². The predicted molar refractivity (Wildman–Crippen MR) is 98.1 cm³/mol. The fourth-order valence-electron chi connectivity index (χ4n) is 2.54. The molecule has 162 valence electrons. The summed E-state index contributed by atoms with van der Waals surface area (Å²) in [6.45, 7) is 2.55. The zero-order valence-electron chi connectivity index (χ0n) is 16.3. The molecule has 0 amide bonds. The van der Waals surface area contributed by atoms with Gasteiger partial charge in [0.05, 0.1) is 28.7 Å². The molecule has 0 atom stereocenters. The summed E-state index contributed by atoms with van der Waals surface area (Å²) >= 11 is 0. The van der Waals surface area contributed by atoms with Crippen molar-refractivity contribution in [1.29, 1.82) is 0 Å². The number of alkyl halides is 3. The number of carbonyl (C=O) groups is 1. The average molecular weight is 432 g/mol. The van der Waals surface area contributed by atoms with Crippen molar-refractivity contribution in [2.45, 2.75) is 26.6 Å². The number of benzene rings is 2. The van der Waals surface area contributed by atoms with Crippen LogP contribution in [0, 0.1) is 24.4 Å². The number of rotatable bonds is 6. The smallest absolute Gasteiger partial charge is 0.417 e. The second kappa shape index (κ2) is 9.19. The Kier molecular flexibility index (Phi) is 7.12. The number of hydrogen-bond donors (Lipinski definition) is 0. The summed E-state index contributed by atoms with van der Waals surface area (Å²) in [7, 11) is 1.68. The van der Waals surface area contributed by atoms with Crippen molar-refractivity contribution in [3.8, 4) is 0 Å². The van der Waals surface area contributed by atoms with Crippen LogP contribution in [0.3, 0.4) is 0 Å². The van der Waals surface area contributed by atoms with E-state index in [0.717, 1.165) is 13.0 Å². The van der Waals surface area contributed by atoms with E-state index in [0.29, 0.717) is 18.7 Å². The molecule has 0 spiro atoms. The van der Waals surface area contributed by atoms with E-state index in [4.69, 9.17) is 0 Å². The fraction of sp³-hybridized carbons (Fsp3) is 0.300. The molecule has 0 aromatic heterocycles. The maximum Gasteiger partial charge on any atom is 0.417 e. The van der Waals surface area contributed by atoms with Crippen molar-refractivity contribution in [2.24, 2.45) is 4.99 Å². The summed E-state index contributed by atoms with van der Waals surface area (Å²) in [4.78, 5) is 17.9. The summed E-state index contributed by atoms with van der Waals surface area (Å²) in [5.74, 6) is -5.26. The van der Waals surface area contributed by atoms with Crippen molar-refractivity contribution in [2.75, 3.05) is 13.6 Å². The Morgan fingerprint density at radius 3 is 2.30 bits per heavy atom. The minimum atomic E-state index is -4.91.